The molecule has 6 heterocycles. The van der Waals surface area contributed by atoms with E-state index in [1.54, 1.807) is 18.3 Å². The Labute approximate surface area is 237 Å². The number of aromatic carboxylic acids is 1. The second-order valence-corrected chi connectivity index (χ2v) is 10.9. The van der Waals surface area contributed by atoms with Crippen LogP contribution in [-0.2, 0) is 24.4 Å². The third-order valence-corrected chi connectivity index (χ3v) is 8.24. The number of piperidine rings is 1. The predicted octanol–water partition coefficient (Wildman–Crippen LogP) is 4.52. The summed E-state index contributed by atoms with van der Waals surface area (Å²) in [6.45, 7) is 4.45. The van der Waals surface area contributed by atoms with Gasteiger partial charge < -0.3 is 19.1 Å². The van der Waals surface area contributed by atoms with Crippen LogP contribution in [0.15, 0.2) is 66.9 Å². The number of ether oxygens (including phenoxy) is 2. The summed E-state index contributed by atoms with van der Waals surface area (Å²) < 4.78 is 15.8. The first-order valence-electron chi connectivity index (χ1n) is 14.2. The summed E-state index contributed by atoms with van der Waals surface area (Å²) in [6, 6.07) is 19.2. The van der Waals surface area contributed by atoms with Gasteiger partial charge in [-0.25, -0.2) is 19.3 Å². The van der Waals surface area contributed by atoms with Gasteiger partial charge in [-0.1, -0.05) is 12.1 Å². The smallest absolute Gasteiger partial charge is 0.335 e. The Morgan fingerprint density at radius 2 is 1.88 bits per heavy atom. The van der Waals surface area contributed by atoms with Gasteiger partial charge >= 0.3 is 5.97 Å². The SMILES string of the molecule is O=C(O)c1ccc2nc(CN3CCC(c4cccc(OCc5cccc6ccnn56)n4)CC3)n(CC3CCO3)c2c1. The molecule has 2 saturated heterocycles. The van der Waals surface area contributed by atoms with E-state index in [2.05, 4.69) is 20.6 Å². The summed E-state index contributed by atoms with van der Waals surface area (Å²) in [4.78, 5) is 23.8. The molecule has 2 aliphatic rings. The minimum atomic E-state index is -0.929. The average Bonchev–Trinajstić information content (AvgIpc) is 3.59. The molecule has 4 aromatic heterocycles. The van der Waals surface area contributed by atoms with E-state index < -0.39 is 5.97 Å². The first kappa shape index (κ1) is 25.7. The maximum atomic E-state index is 11.6. The molecule has 1 N–H and O–H groups in total. The number of carbonyl (C=O) groups is 1. The highest BCUT2D eigenvalue weighted by atomic mass is 16.5. The lowest BCUT2D eigenvalue weighted by Gasteiger charge is -2.32. The van der Waals surface area contributed by atoms with E-state index in [9.17, 15) is 9.90 Å². The third kappa shape index (κ3) is 5.28. The van der Waals surface area contributed by atoms with Crippen LogP contribution in [0.4, 0.5) is 0 Å². The molecule has 10 heteroatoms. The monoisotopic (exact) mass is 552 g/mol. The van der Waals surface area contributed by atoms with Crippen LogP contribution in [0, 0.1) is 0 Å². The van der Waals surface area contributed by atoms with Crippen molar-refractivity contribution in [1.29, 1.82) is 0 Å². The summed E-state index contributed by atoms with van der Waals surface area (Å²) in [5.74, 6) is 1.02. The topological polar surface area (TPSA) is 107 Å². The minimum Gasteiger partial charge on any atom is -0.478 e. The quantitative estimate of drug-likeness (QED) is 0.284. The van der Waals surface area contributed by atoms with Crippen LogP contribution in [0.3, 0.4) is 0 Å². The molecule has 2 fully saturated rings. The Bertz CT molecular complexity index is 1700. The highest BCUT2D eigenvalue weighted by Gasteiger charge is 2.26. The average molecular weight is 553 g/mol. The Morgan fingerprint density at radius 3 is 2.68 bits per heavy atom. The molecule has 1 atom stereocenters. The second kappa shape index (κ2) is 10.9. The lowest BCUT2D eigenvalue weighted by Crippen LogP contribution is -2.35. The van der Waals surface area contributed by atoms with Gasteiger partial charge in [0.05, 0.1) is 47.0 Å². The second-order valence-electron chi connectivity index (χ2n) is 10.9. The summed E-state index contributed by atoms with van der Waals surface area (Å²) in [5.41, 5.74) is 5.03. The van der Waals surface area contributed by atoms with Gasteiger partial charge in [0.1, 0.15) is 12.4 Å². The molecule has 0 spiro atoms. The molecule has 0 aliphatic carbocycles. The minimum absolute atomic E-state index is 0.151. The molecular formula is C31H32N6O4. The van der Waals surface area contributed by atoms with E-state index >= 15 is 0 Å². The molecule has 2 aliphatic heterocycles. The molecule has 0 amide bonds. The molecule has 0 saturated carbocycles. The van der Waals surface area contributed by atoms with Crippen molar-refractivity contribution >= 4 is 22.5 Å². The zero-order valence-electron chi connectivity index (χ0n) is 22.7. The number of hydrogen-bond donors (Lipinski definition) is 1. The van der Waals surface area contributed by atoms with Crippen molar-refractivity contribution in [2.45, 2.75) is 51.0 Å². The fourth-order valence-electron chi connectivity index (χ4n) is 5.85. The molecule has 10 nitrogen and oxygen atoms in total. The Morgan fingerprint density at radius 1 is 1.02 bits per heavy atom. The molecule has 41 heavy (non-hydrogen) atoms. The fourth-order valence-corrected chi connectivity index (χ4v) is 5.85. The van der Waals surface area contributed by atoms with Crippen LogP contribution >= 0.6 is 0 Å². The number of nitrogens with zero attached hydrogens (tertiary/aromatic N) is 6. The number of benzene rings is 1. The molecule has 210 valence electrons. The van der Waals surface area contributed by atoms with Crippen molar-refractivity contribution < 1.29 is 19.4 Å². The number of aromatic nitrogens is 5. The van der Waals surface area contributed by atoms with E-state index in [0.717, 1.165) is 72.7 Å². The fraction of sp³-hybridized carbons (Fsp3) is 0.355. The number of rotatable bonds is 9. The molecule has 5 aromatic rings. The lowest BCUT2D eigenvalue weighted by molar-refractivity contribution is -0.0592. The summed E-state index contributed by atoms with van der Waals surface area (Å²) in [7, 11) is 0. The zero-order valence-corrected chi connectivity index (χ0v) is 22.7. The standard InChI is InChI=1S/C31H32N6O4/c38-31(39)22-7-8-27-28(17-22)36(18-25-12-16-40-25)29(33-27)19-35-14-10-21(11-15-35)26-5-2-6-30(34-26)41-20-24-4-1-3-23-9-13-32-37(23)24/h1-9,13,17,21,25H,10-12,14-16,18-20H2,(H,38,39). The van der Waals surface area contributed by atoms with E-state index in [1.807, 2.05) is 47.0 Å². The van der Waals surface area contributed by atoms with E-state index in [1.165, 1.54) is 0 Å². The maximum Gasteiger partial charge on any atom is 0.335 e. The van der Waals surface area contributed by atoms with Gasteiger partial charge in [-0.15, -0.1) is 0 Å². The number of hydrogen-bond acceptors (Lipinski definition) is 7. The summed E-state index contributed by atoms with van der Waals surface area (Å²) in [5, 5.41) is 13.9. The van der Waals surface area contributed by atoms with Crippen LogP contribution < -0.4 is 4.74 Å². The maximum absolute atomic E-state index is 11.6. The van der Waals surface area contributed by atoms with Crippen molar-refractivity contribution in [2.24, 2.45) is 0 Å². The van der Waals surface area contributed by atoms with E-state index in [4.69, 9.17) is 19.4 Å². The van der Waals surface area contributed by atoms with E-state index in [0.29, 0.717) is 31.5 Å². The van der Waals surface area contributed by atoms with Crippen molar-refractivity contribution in [3.8, 4) is 5.88 Å². The van der Waals surface area contributed by atoms with Gasteiger partial charge in [-0.3, -0.25) is 4.90 Å². The van der Waals surface area contributed by atoms with Gasteiger partial charge in [0.25, 0.3) is 0 Å². The molecule has 1 aromatic carbocycles. The lowest BCUT2D eigenvalue weighted by atomic mass is 9.93. The van der Waals surface area contributed by atoms with Gasteiger partial charge in [0.15, 0.2) is 0 Å². The Hall–Kier alpha value is -4.28. The van der Waals surface area contributed by atoms with E-state index in [-0.39, 0.29) is 11.7 Å². The Balaban J connectivity index is 1.01. The van der Waals surface area contributed by atoms with Crippen LogP contribution in [-0.4, -0.2) is 65.9 Å². The van der Waals surface area contributed by atoms with Crippen LogP contribution in [0.1, 0.15) is 52.8 Å². The zero-order chi connectivity index (χ0) is 27.8. The number of pyridine rings is 2. The van der Waals surface area contributed by atoms with Gasteiger partial charge in [0, 0.05) is 30.5 Å². The molecular weight excluding hydrogens is 520 g/mol. The van der Waals surface area contributed by atoms with Gasteiger partial charge in [-0.2, -0.15) is 5.10 Å². The van der Waals surface area contributed by atoms with Gasteiger partial charge in [-0.05, 0) is 74.8 Å². The normalized spacial score (nSPS) is 18.1. The number of carboxylic acids is 1. The predicted molar refractivity (Wildman–Crippen MR) is 152 cm³/mol. The molecule has 0 bridgehead atoms. The Kier molecular flexibility index (Phi) is 6.85. The third-order valence-electron chi connectivity index (χ3n) is 8.24. The molecule has 7 rings (SSSR count). The number of fused-ring (bicyclic) bond motifs is 2. The summed E-state index contributed by atoms with van der Waals surface area (Å²) >= 11 is 0. The first-order chi connectivity index (χ1) is 20.1. The van der Waals surface area contributed by atoms with Crippen molar-refractivity contribution in [3.63, 3.8) is 0 Å². The van der Waals surface area contributed by atoms with Crippen molar-refractivity contribution in [1.82, 2.24) is 29.0 Å². The van der Waals surface area contributed by atoms with Crippen LogP contribution in [0.25, 0.3) is 16.6 Å². The van der Waals surface area contributed by atoms with Crippen molar-refractivity contribution in [2.75, 3.05) is 19.7 Å². The number of likely N-dealkylation sites (tertiary alicyclic amines) is 1. The number of carboxylic acid groups (broad SMARTS) is 1. The molecule has 1 unspecified atom stereocenters. The largest absolute Gasteiger partial charge is 0.478 e. The summed E-state index contributed by atoms with van der Waals surface area (Å²) in [6.07, 6.45) is 4.95. The molecule has 0 radical (unpaired) electrons. The highest BCUT2D eigenvalue weighted by Crippen LogP contribution is 2.30. The van der Waals surface area contributed by atoms with Crippen molar-refractivity contribution in [3.05, 3.63) is 89.6 Å². The van der Waals surface area contributed by atoms with Crippen LogP contribution in [0.5, 0.6) is 5.88 Å². The first-order valence-corrected chi connectivity index (χ1v) is 14.2. The van der Waals surface area contributed by atoms with Gasteiger partial charge in [0.2, 0.25) is 5.88 Å². The number of imidazole rings is 1. The van der Waals surface area contributed by atoms with Crippen LogP contribution in [0.2, 0.25) is 0 Å². The highest BCUT2D eigenvalue weighted by molar-refractivity contribution is 5.92.